The molecular formula is C17H21NO5. The molecule has 1 aliphatic carbocycles. The van der Waals surface area contributed by atoms with Gasteiger partial charge in [-0.15, -0.1) is 0 Å². The Labute approximate surface area is 134 Å². The number of amides is 1. The van der Waals surface area contributed by atoms with Crippen LogP contribution < -0.4 is 14.8 Å². The van der Waals surface area contributed by atoms with Gasteiger partial charge in [0.05, 0.1) is 5.92 Å². The van der Waals surface area contributed by atoms with Crippen molar-refractivity contribution < 1.29 is 24.2 Å². The van der Waals surface area contributed by atoms with Crippen molar-refractivity contribution in [1.82, 2.24) is 5.32 Å². The first-order chi connectivity index (χ1) is 11.0. The second-order valence-electron chi connectivity index (χ2n) is 6.20. The molecule has 1 aromatic carbocycles. The van der Waals surface area contributed by atoms with E-state index in [-0.39, 0.29) is 24.0 Å². The zero-order chi connectivity index (χ0) is 16.4. The Hall–Kier alpha value is -2.24. The van der Waals surface area contributed by atoms with Gasteiger partial charge < -0.3 is 19.9 Å². The van der Waals surface area contributed by atoms with Gasteiger partial charge in [0.25, 0.3) is 5.91 Å². The molecule has 1 saturated carbocycles. The molecule has 0 spiro atoms. The molecule has 1 aromatic rings. The molecule has 0 aromatic heterocycles. The van der Waals surface area contributed by atoms with Crippen molar-refractivity contribution in [3.05, 3.63) is 24.3 Å². The van der Waals surface area contributed by atoms with Crippen molar-refractivity contribution >= 4 is 11.9 Å². The van der Waals surface area contributed by atoms with Gasteiger partial charge in [-0.05, 0) is 44.7 Å². The molecular weight excluding hydrogens is 298 g/mol. The number of carbonyl (C=O) groups excluding carboxylic acids is 1. The molecule has 2 atom stereocenters. The van der Waals surface area contributed by atoms with Crippen molar-refractivity contribution in [1.29, 1.82) is 0 Å². The van der Waals surface area contributed by atoms with Crippen LogP contribution in [-0.2, 0) is 9.59 Å². The standard InChI is InChI=1S/C17H21NO5/c1-10-15(23-14-5-3-2-4-13(14)22-10)16(19)18-12-8-6-11(7-9-12)17(20)21/h2-5,10-12,15H,6-9H2,1H3,(H,18,19)(H,20,21). The van der Waals surface area contributed by atoms with Gasteiger partial charge in [0, 0.05) is 6.04 Å². The van der Waals surface area contributed by atoms with E-state index in [1.807, 2.05) is 25.1 Å². The number of hydrogen-bond donors (Lipinski definition) is 2. The largest absolute Gasteiger partial charge is 0.482 e. The van der Waals surface area contributed by atoms with Crippen LogP contribution in [0, 0.1) is 5.92 Å². The quantitative estimate of drug-likeness (QED) is 0.890. The molecule has 2 unspecified atom stereocenters. The van der Waals surface area contributed by atoms with Crippen LogP contribution in [0.15, 0.2) is 24.3 Å². The highest BCUT2D eigenvalue weighted by Crippen LogP contribution is 2.33. The predicted molar refractivity (Wildman–Crippen MR) is 82.5 cm³/mol. The van der Waals surface area contributed by atoms with Gasteiger partial charge in [-0.2, -0.15) is 0 Å². The molecule has 1 heterocycles. The Balaban J connectivity index is 1.58. The van der Waals surface area contributed by atoms with Crippen molar-refractivity contribution in [2.45, 2.75) is 50.9 Å². The summed E-state index contributed by atoms with van der Waals surface area (Å²) in [5, 5.41) is 12.0. The van der Waals surface area contributed by atoms with Crippen LogP contribution in [-0.4, -0.2) is 35.2 Å². The first kappa shape index (κ1) is 15.6. The number of nitrogens with one attached hydrogen (secondary N) is 1. The molecule has 1 amide bonds. The molecule has 1 aliphatic heterocycles. The normalized spacial score (nSPS) is 29.6. The van der Waals surface area contributed by atoms with E-state index in [0.717, 1.165) is 0 Å². The molecule has 1 fully saturated rings. The van der Waals surface area contributed by atoms with Crippen LogP contribution in [0.5, 0.6) is 11.5 Å². The topological polar surface area (TPSA) is 84.9 Å². The Morgan fingerprint density at radius 1 is 1.09 bits per heavy atom. The maximum absolute atomic E-state index is 12.5. The highest BCUT2D eigenvalue weighted by molar-refractivity contribution is 5.82. The number of carbonyl (C=O) groups is 2. The zero-order valence-electron chi connectivity index (χ0n) is 13.0. The van der Waals surface area contributed by atoms with Gasteiger partial charge in [0.1, 0.15) is 6.10 Å². The van der Waals surface area contributed by atoms with Gasteiger partial charge >= 0.3 is 5.97 Å². The van der Waals surface area contributed by atoms with E-state index in [0.29, 0.717) is 37.2 Å². The van der Waals surface area contributed by atoms with E-state index in [9.17, 15) is 9.59 Å². The lowest BCUT2D eigenvalue weighted by atomic mass is 9.86. The minimum atomic E-state index is -0.746. The van der Waals surface area contributed by atoms with Crippen molar-refractivity contribution in [3.8, 4) is 11.5 Å². The third-order valence-electron chi connectivity index (χ3n) is 4.52. The fourth-order valence-electron chi connectivity index (χ4n) is 3.17. The number of ether oxygens (including phenoxy) is 2. The highest BCUT2D eigenvalue weighted by atomic mass is 16.6. The molecule has 3 rings (SSSR count). The van der Waals surface area contributed by atoms with Gasteiger partial charge in [-0.3, -0.25) is 9.59 Å². The number of hydrogen-bond acceptors (Lipinski definition) is 4. The number of carboxylic acid groups (broad SMARTS) is 1. The molecule has 23 heavy (non-hydrogen) atoms. The summed E-state index contributed by atoms with van der Waals surface area (Å²) in [5.74, 6) is -0.0237. The fourth-order valence-corrected chi connectivity index (χ4v) is 3.17. The van der Waals surface area contributed by atoms with Crippen molar-refractivity contribution in [2.24, 2.45) is 5.92 Å². The summed E-state index contributed by atoms with van der Waals surface area (Å²) in [5.41, 5.74) is 0. The van der Waals surface area contributed by atoms with Crippen LogP contribution in [0.3, 0.4) is 0 Å². The second kappa shape index (κ2) is 6.48. The summed E-state index contributed by atoms with van der Waals surface area (Å²) in [6.07, 6.45) is 1.49. The summed E-state index contributed by atoms with van der Waals surface area (Å²) in [7, 11) is 0. The summed E-state index contributed by atoms with van der Waals surface area (Å²) in [4.78, 5) is 23.4. The summed E-state index contributed by atoms with van der Waals surface area (Å²) >= 11 is 0. The number of carboxylic acids is 1. The Bertz CT molecular complexity index is 594. The van der Waals surface area contributed by atoms with Gasteiger partial charge in [-0.1, -0.05) is 12.1 Å². The van der Waals surface area contributed by atoms with Crippen LogP contribution in [0.1, 0.15) is 32.6 Å². The number of benzene rings is 1. The van der Waals surface area contributed by atoms with E-state index in [4.69, 9.17) is 14.6 Å². The summed E-state index contributed by atoms with van der Waals surface area (Å²) in [6.45, 7) is 1.81. The van der Waals surface area contributed by atoms with Crippen molar-refractivity contribution in [3.63, 3.8) is 0 Å². The number of rotatable bonds is 3. The van der Waals surface area contributed by atoms with Crippen molar-refractivity contribution in [2.75, 3.05) is 0 Å². The summed E-state index contributed by atoms with van der Waals surface area (Å²) < 4.78 is 11.5. The van der Waals surface area contributed by atoms with Crippen LogP contribution in [0.4, 0.5) is 0 Å². The highest BCUT2D eigenvalue weighted by Gasteiger charge is 2.36. The molecule has 0 radical (unpaired) electrons. The zero-order valence-corrected chi connectivity index (χ0v) is 13.0. The minimum Gasteiger partial charge on any atom is -0.482 e. The Morgan fingerprint density at radius 3 is 2.30 bits per heavy atom. The first-order valence-electron chi connectivity index (χ1n) is 8.00. The predicted octanol–water partition coefficient (Wildman–Crippen LogP) is 1.97. The Kier molecular flexibility index (Phi) is 4.41. The maximum Gasteiger partial charge on any atom is 0.306 e. The lowest BCUT2D eigenvalue weighted by Crippen LogP contribution is -2.52. The van der Waals surface area contributed by atoms with Crippen LogP contribution >= 0.6 is 0 Å². The third kappa shape index (κ3) is 3.41. The maximum atomic E-state index is 12.5. The first-order valence-corrected chi connectivity index (χ1v) is 8.00. The number of para-hydroxylation sites is 2. The van der Waals surface area contributed by atoms with E-state index in [2.05, 4.69) is 5.32 Å². The number of aliphatic carboxylic acids is 1. The molecule has 2 aliphatic rings. The van der Waals surface area contributed by atoms with E-state index >= 15 is 0 Å². The molecule has 124 valence electrons. The fraction of sp³-hybridized carbons (Fsp3) is 0.529. The lowest BCUT2D eigenvalue weighted by Gasteiger charge is -2.33. The van der Waals surface area contributed by atoms with E-state index in [1.165, 1.54) is 0 Å². The van der Waals surface area contributed by atoms with Gasteiger partial charge in [0.2, 0.25) is 6.10 Å². The molecule has 2 N–H and O–H groups in total. The average molecular weight is 319 g/mol. The average Bonchev–Trinajstić information content (AvgIpc) is 2.54. The Morgan fingerprint density at radius 2 is 1.70 bits per heavy atom. The third-order valence-corrected chi connectivity index (χ3v) is 4.52. The van der Waals surface area contributed by atoms with Crippen LogP contribution in [0.2, 0.25) is 0 Å². The minimum absolute atomic E-state index is 0.00562. The van der Waals surface area contributed by atoms with E-state index in [1.54, 1.807) is 6.07 Å². The molecule has 0 saturated heterocycles. The molecule has 6 heteroatoms. The SMILES string of the molecule is CC1Oc2ccccc2OC1C(=O)NC1CCC(C(=O)O)CC1. The second-order valence-corrected chi connectivity index (χ2v) is 6.20. The van der Waals surface area contributed by atoms with E-state index < -0.39 is 12.1 Å². The van der Waals surface area contributed by atoms with Crippen LogP contribution in [0.25, 0.3) is 0 Å². The van der Waals surface area contributed by atoms with Gasteiger partial charge in [0.15, 0.2) is 11.5 Å². The number of fused-ring (bicyclic) bond motifs is 1. The van der Waals surface area contributed by atoms with Gasteiger partial charge in [-0.25, -0.2) is 0 Å². The monoisotopic (exact) mass is 319 g/mol. The lowest BCUT2D eigenvalue weighted by molar-refractivity contribution is -0.143. The molecule has 0 bridgehead atoms. The summed E-state index contributed by atoms with van der Waals surface area (Å²) in [6, 6.07) is 7.29. The smallest absolute Gasteiger partial charge is 0.306 e. The molecule has 6 nitrogen and oxygen atoms in total.